The zero-order chi connectivity index (χ0) is 15.8. The molecule has 0 aromatic carbocycles. The van der Waals surface area contributed by atoms with Crippen LogP contribution in [0.25, 0.3) is 0 Å². The van der Waals surface area contributed by atoms with Gasteiger partial charge in [0.05, 0.1) is 12.3 Å². The van der Waals surface area contributed by atoms with Gasteiger partial charge in [-0.3, -0.25) is 9.58 Å². The van der Waals surface area contributed by atoms with Gasteiger partial charge in [0.2, 0.25) is 11.7 Å². The molecule has 2 aromatic rings. The van der Waals surface area contributed by atoms with Crippen molar-refractivity contribution in [2.45, 2.75) is 51.8 Å². The molecular weight excluding hydrogens is 294 g/mol. The smallest absolute Gasteiger partial charge is 0.248 e. The Morgan fingerprint density at radius 3 is 3.04 bits per heavy atom. The monoisotopic (exact) mass is 317 g/mol. The van der Waals surface area contributed by atoms with E-state index in [2.05, 4.69) is 20.1 Å². The Bertz CT molecular complexity index is 680. The average molecular weight is 317 g/mol. The maximum absolute atomic E-state index is 5.98. The first-order valence-corrected chi connectivity index (χ1v) is 8.38. The fourth-order valence-corrected chi connectivity index (χ4v) is 3.56. The van der Waals surface area contributed by atoms with Crippen molar-refractivity contribution in [1.82, 2.24) is 24.8 Å². The molecular formula is C16H23N5O2. The molecule has 2 aliphatic rings. The van der Waals surface area contributed by atoms with Crippen LogP contribution in [0.4, 0.5) is 0 Å². The summed E-state index contributed by atoms with van der Waals surface area (Å²) in [6.45, 7) is 7.30. The number of ether oxygens (including phenoxy) is 1. The van der Waals surface area contributed by atoms with Crippen LogP contribution in [-0.2, 0) is 11.3 Å². The minimum Gasteiger partial charge on any atom is -0.367 e. The van der Waals surface area contributed by atoms with Crippen molar-refractivity contribution < 1.29 is 9.26 Å². The van der Waals surface area contributed by atoms with Crippen LogP contribution >= 0.6 is 0 Å². The van der Waals surface area contributed by atoms with Crippen molar-refractivity contribution in [2.24, 2.45) is 0 Å². The summed E-state index contributed by atoms with van der Waals surface area (Å²) in [4.78, 5) is 7.04. The zero-order valence-electron chi connectivity index (χ0n) is 13.7. The molecule has 4 rings (SSSR count). The highest BCUT2D eigenvalue weighted by molar-refractivity contribution is 5.07. The van der Waals surface area contributed by atoms with E-state index in [0.29, 0.717) is 24.3 Å². The van der Waals surface area contributed by atoms with E-state index >= 15 is 0 Å². The quantitative estimate of drug-likeness (QED) is 0.860. The van der Waals surface area contributed by atoms with E-state index in [1.807, 2.05) is 24.6 Å². The van der Waals surface area contributed by atoms with E-state index in [1.165, 1.54) is 19.3 Å². The fraction of sp³-hybridized carbons (Fsp3) is 0.688. The maximum Gasteiger partial charge on any atom is 0.248 e. The molecule has 2 fully saturated rings. The molecule has 7 heteroatoms. The minimum atomic E-state index is -0.0812. The lowest BCUT2D eigenvalue weighted by atomic mass is 10.0. The summed E-state index contributed by atoms with van der Waals surface area (Å²) in [7, 11) is 0. The van der Waals surface area contributed by atoms with E-state index in [4.69, 9.17) is 9.26 Å². The summed E-state index contributed by atoms with van der Waals surface area (Å²) < 4.78 is 13.3. The number of fused-ring (bicyclic) bond motifs is 1. The summed E-state index contributed by atoms with van der Waals surface area (Å²) >= 11 is 0. The van der Waals surface area contributed by atoms with Gasteiger partial charge in [0.1, 0.15) is 12.6 Å². The molecule has 0 spiro atoms. The Labute approximate surface area is 135 Å². The highest BCUT2D eigenvalue weighted by Gasteiger charge is 2.33. The highest BCUT2D eigenvalue weighted by Crippen LogP contribution is 2.28. The lowest BCUT2D eigenvalue weighted by Gasteiger charge is -2.41. The number of hydrogen-bond donors (Lipinski definition) is 0. The number of rotatable bonds is 3. The van der Waals surface area contributed by atoms with Gasteiger partial charge in [-0.1, -0.05) is 11.6 Å². The molecule has 2 aliphatic heterocycles. The molecule has 4 heterocycles. The van der Waals surface area contributed by atoms with Gasteiger partial charge in [0.15, 0.2) is 0 Å². The Morgan fingerprint density at radius 2 is 2.22 bits per heavy atom. The number of piperidine rings is 1. The number of morpholine rings is 1. The first kappa shape index (κ1) is 14.8. The van der Waals surface area contributed by atoms with Crippen LogP contribution in [0.3, 0.4) is 0 Å². The summed E-state index contributed by atoms with van der Waals surface area (Å²) in [5.74, 6) is 1.24. The van der Waals surface area contributed by atoms with E-state index in [0.717, 1.165) is 31.1 Å². The van der Waals surface area contributed by atoms with E-state index in [-0.39, 0.29) is 6.10 Å². The van der Waals surface area contributed by atoms with Crippen molar-refractivity contribution in [1.29, 1.82) is 0 Å². The summed E-state index contributed by atoms with van der Waals surface area (Å²) in [6.07, 6.45) is 3.74. The lowest BCUT2D eigenvalue weighted by molar-refractivity contribution is -0.0805. The third-order valence-corrected chi connectivity index (χ3v) is 4.80. The molecule has 0 unspecified atom stereocenters. The Morgan fingerprint density at radius 1 is 1.30 bits per heavy atom. The lowest BCUT2D eigenvalue weighted by Crippen LogP contribution is -2.49. The fourth-order valence-electron chi connectivity index (χ4n) is 3.56. The van der Waals surface area contributed by atoms with Gasteiger partial charge in [-0.15, -0.1) is 0 Å². The van der Waals surface area contributed by atoms with Gasteiger partial charge in [0.25, 0.3) is 0 Å². The predicted molar refractivity (Wildman–Crippen MR) is 83.0 cm³/mol. The van der Waals surface area contributed by atoms with Gasteiger partial charge in [0, 0.05) is 18.3 Å². The Balaban J connectivity index is 1.44. The highest BCUT2D eigenvalue weighted by atomic mass is 16.5. The van der Waals surface area contributed by atoms with Crippen molar-refractivity contribution in [3.63, 3.8) is 0 Å². The maximum atomic E-state index is 5.98. The van der Waals surface area contributed by atoms with Crippen molar-refractivity contribution in [3.05, 3.63) is 29.2 Å². The van der Waals surface area contributed by atoms with E-state index in [1.54, 1.807) is 0 Å². The Hall–Kier alpha value is -1.73. The minimum absolute atomic E-state index is 0.0812. The van der Waals surface area contributed by atoms with Crippen molar-refractivity contribution >= 4 is 0 Å². The number of aromatic nitrogens is 4. The number of aryl methyl sites for hydroxylation is 2. The molecule has 0 radical (unpaired) electrons. The van der Waals surface area contributed by atoms with Gasteiger partial charge in [-0.2, -0.15) is 10.1 Å². The second-order valence-corrected chi connectivity index (χ2v) is 6.60. The van der Waals surface area contributed by atoms with Gasteiger partial charge in [-0.25, -0.2) is 0 Å². The van der Waals surface area contributed by atoms with Crippen LogP contribution in [0.15, 0.2) is 10.6 Å². The molecule has 0 N–H and O–H groups in total. The number of hydrogen-bond acceptors (Lipinski definition) is 6. The molecule has 0 bridgehead atoms. The normalized spacial score (nSPS) is 25.5. The Kier molecular flexibility index (Phi) is 3.90. The summed E-state index contributed by atoms with van der Waals surface area (Å²) in [5, 5.41) is 8.56. The molecule has 124 valence electrons. The van der Waals surface area contributed by atoms with Crippen LogP contribution in [0.1, 0.15) is 48.5 Å². The first-order valence-electron chi connectivity index (χ1n) is 8.38. The third-order valence-electron chi connectivity index (χ3n) is 4.80. The topological polar surface area (TPSA) is 69.2 Å². The standard InChI is InChI=1S/C16H23N5O2/c1-11-7-12(2)21(18-11)9-15-17-16(19-23-15)14-8-20-6-4-3-5-13(20)10-22-14/h7,13-14H,3-6,8-10H2,1-2H3/t13-,14+/m1/s1. The molecule has 0 amide bonds. The number of nitrogens with zero attached hydrogens (tertiary/aromatic N) is 5. The van der Waals surface area contributed by atoms with Crippen molar-refractivity contribution in [3.8, 4) is 0 Å². The molecule has 23 heavy (non-hydrogen) atoms. The molecule has 0 saturated carbocycles. The molecule has 0 aliphatic carbocycles. The molecule has 2 aromatic heterocycles. The molecule has 2 saturated heterocycles. The van der Waals surface area contributed by atoms with Gasteiger partial charge in [-0.05, 0) is 39.3 Å². The molecule has 2 atom stereocenters. The first-order chi connectivity index (χ1) is 11.2. The third kappa shape index (κ3) is 3.03. The predicted octanol–water partition coefficient (Wildman–Crippen LogP) is 1.86. The van der Waals surface area contributed by atoms with E-state index in [9.17, 15) is 0 Å². The second-order valence-electron chi connectivity index (χ2n) is 6.60. The second kappa shape index (κ2) is 6.05. The van der Waals surface area contributed by atoms with Crippen LogP contribution in [-0.4, -0.2) is 50.6 Å². The van der Waals surface area contributed by atoms with Crippen LogP contribution in [0.2, 0.25) is 0 Å². The SMILES string of the molecule is Cc1cc(C)n(Cc2nc([C@@H]3CN4CCCC[C@@H]4CO3)no2)n1. The largest absolute Gasteiger partial charge is 0.367 e. The average Bonchev–Trinajstić information content (AvgIpc) is 3.14. The summed E-state index contributed by atoms with van der Waals surface area (Å²) in [5.41, 5.74) is 2.08. The molecule has 7 nitrogen and oxygen atoms in total. The van der Waals surface area contributed by atoms with E-state index < -0.39 is 0 Å². The zero-order valence-corrected chi connectivity index (χ0v) is 13.7. The van der Waals surface area contributed by atoms with Crippen LogP contribution in [0.5, 0.6) is 0 Å². The van der Waals surface area contributed by atoms with Crippen LogP contribution in [0, 0.1) is 13.8 Å². The van der Waals surface area contributed by atoms with Gasteiger partial charge < -0.3 is 9.26 Å². The van der Waals surface area contributed by atoms with Crippen molar-refractivity contribution in [2.75, 3.05) is 19.7 Å². The van der Waals surface area contributed by atoms with Crippen LogP contribution < -0.4 is 0 Å². The van der Waals surface area contributed by atoms with Gasteiger partial charge >= 0.3 is 0 Å². The summed E-state index contributed by atoms with van der Waals surface area (Å²) in [6, 6.07) is 2.61.